The molecule has 170 valence electrons. The Bertz CT molecular complexity index is 903. The summed E-state index contributed by atoms with van der Waals surface area (Å²) in [4.78, 5) is 41.0. The first kappa shape index (κ1) is 24.2. The highest BCUT2D eigenvalue weighted by Crippen LogP contribution is 2.47. The molecule has 9 heteroatoms. The van der Waals surface area contributed by atoms with Gasteiger partial charge in [-0.1, -0.05) is 47.5 Å². The minimum Gasteiger partial charge on any atom is -0.468 e. The van der Waals surface area contributed by atoms with E-state index < -0.39 is 41.6 Å². The Labute approximate surface area is 195 Å². The van der Waals surface area contributed by atoms with Gasteiger partial charge in [0.2, 0.25) is 0 Å². The van der Waals surface area contributed by atoms with Gasteiger partial charge in [-0.15, -0.1) is 0 Å². The second kappa shape index (κ2) is 10.4. The lowest BCUT2D eigenvalue weighted by Gasteiger charge is -2.47. The van der Waals surface area contributed by atoms with E-state index in [9.17, 15) is 19.5 Å². The zero-order chi connectivity index (χ0) is 23.4. The molecule has 1 saturated heterocycles. The van der Waals surface area contributed by atoms with Gasteiger partial charge in [-0.3, -0.25) is 19.3 Å². The molecule has 0 radical (unpaired) electrons. The van der Waals surface area contributed by atoms with Crippen molar-refractivity contribution >= 4 is 40.9 Å². The fraction of sp³-hybridized carbons (Fsp3) is 0.348. The second-order valence-corrected chi connectivity index (χ2v) is 8.23. The maximum atomic E-state index is 13.6. The summed E-state index contributed by atoms with van der Waals surface area (Å²) >= 11 is 12.1. The van der Waals surface area contributed by atoms with Crippen LogP contribution in [-0.2, 0) is 23.9 Å². The first-order chi connectivity index (χ1) is 15.3. The lowest BCUT2D eigenvalue weighted by molar-refractivity contribution is -0.168. The fourth-order valence-electron chi connectivity index (χ4n) is 4.29. The standard InChI is InChI=1S/C23H23Cl2NO6/c1-31-22(29)17-19(13-3-7-15(24)8-4-13)26(11-12-27)20(14-5-9-16(25)10-6-14)18(21(17)28)23(30)32-2/h3-10,17-20,27H,11-12H2,1-2H3. The van der Waals surface area contributed by atoms with E-state index in [0.717, 1.165) is 0 Å². The van der Waals surface area contributed by atoms with Crippen LogP contribution in [0.2, 0.25) is 10.0 Å². The average Bonchev–Trinajstić information content (AvgIpc) is 2.80. The fourth-order valence-corrected chi connectivity index (χ4v) is 4.54. The smallest absolute Gasteiger partial charge is 0.318 e. The lowest BCUT2D eigenvalue weighted by atomic mass is 9.72. The van der Waals surface area contributed by atoms with Crippen LogP contribution in [0.5, 0.6) is 0 Å². The number of esters is 2. The zero-order valence-electron chi connectivity index (χ0n) is 17.5. The van der Waals surface area contributed by atoms with Crippen LogP contribution in [0.3, 0.4) is 0 Å². The highest BCUT2D eigenvalue weighted by molar-refractivity contribution is 6.30. The number of hydrogen-bond acceptors (Lipinski definition) is 7. The number of hydrogen-bond donors (Lipinski definition) is 1. The van der Waals surface area contributed by atoms with Gasteiger partial charge < -0.3 is 14.6 Å². The van der Waals surface area contributed by atoms with Gasteiger partial charge in [0.15, 0.2) is 5.78 Å². The van der Waals surface area contributed by atoms with E-state index in [1.165, 1.54) is 14.2 Å². The number of ketones is 1. The van der Waals surface area contributed by atoms with Crippen LogP contribution in [0.4, 0.5) is 0 Å². The predicted octanol–water partition coefficient (Wildman–Crippen LogP) is 3.23. The number of ether oxygens (including phenoxy) is 2. The number of carbonyl (C=O) groups is 3. The number of aliphatic hydroxyl groups excluding tert-OH is 1. The van der Waals surface area contributed by atoms with Crippen molar-refractivity contribution in [1.82, 2.24) is 4.90 Å². The quantitative estimate of drug-likeness (QED) is 0.501. The SMILES string of the molecule is COC(=O)C1C(=O)C(C(=O)OC)C(c2ccc(Cl)cc2)N(CCO)C1c1ccc(Cl)cc1. The number of nitrogens with zero attached hydrogens (tertiary/aromatic N) is 1. The molecule has 3 rings (SSSR count). The molecule has 4 atom stereocenters. The predicted molar refractivity (Wildman–Crippen MR) is 118 cm³/mol. The number of methoxy groups -OCH3 is 2. The molecular formula is C23H23Cl2NO6. The molecule has 2 aromatic carbocycles. The van der Waals surface area contributed by atoms with Gasteiger partial charge in [0.1, 0.15) is 11.8 Å². The normalized spacial score (nSPS) is 23.6. The number of carbonyl (C=O) groups excluding carboxylic acids is 3. The monoisotopic (exact) mass is 479 g/mol. The molecule has 32 heavy (non-hydrogen) atoms. The molecule has 0 aromatic heterocycles. The molecule has 1 aliphatic rings. The summed E-state index contributed by atoms with van der Waals surface area (Å²) in [6.45, 7) is -0.195. The van der Waals surface area contributed by atoms with Crippen molar-refractivity contribution in [3.63, 3.8) is 0 Å². The van der Waals surface area contributed by atoms with Crippen LogP contribution in [0.15, 0.2) is 48.5 Å². The van der Waals surface area contributed by atoms with E-state index >= 15 is 0 Å². The lowest BCUT2D eigenvalue weighted by Crippen LogP contribution is -2.56. The number of piperidine rings is 1. The van der Waals surface area contributed by atoms with Gasteiger partial charge in [0.05, 0.1) is 32.9 Å². The molecule has 1 heterocycles. The van der Waals surface area contributed by atoms with Crippen molar-refractivity contribution in [2.24, 2.45) is 11.8 Å². The highest BCUT2D eigenvalue weighted by Gasteiger charge is 2.55. The van der Waals surface area contributed by atoms with Crippen LogP contribution < -0.4 is 0 Å². The summed E-state index contributed by atoms with van der Waals surface area (Å²) in [6, 6.07) is 11.8. The van der Waals surface area contributed by atoms with Gasteiger partial charge in [0.25, 0.3) is 0 Å². The Hall–Kier alpha value is -2.45. The number of benzene rings is 2. The van der Waals surface area contributed by atoms with Crippen molar-refractivity contribution in [2.45, 2.75) is 12.1 Å². The Morgan fingerprint density at radius 1 is 0.844 bits per heavy atom. The number of halogens is 2. The molecule has 1 aliphatic heterocycles. The number of rotatable bonds is 6. The van der Waals surface area contributed by atoms with Gasteiger partial charge in [-0.25, -0.2) is 0 Å². The number of Topliss-reactive ketones (excluding diaryl/α,β-unsaturated/α-hetero) is 1. The molecule has 1 fully saturated rings. The largest absolute Gasteiger partial charge is 0.468 e. The first-order valence-electron chi connectivity index (χ1n) is 9.91. The zero-order valence-corrected chi connectivity index (χ0v) is 19.0. The van der Waals surface area contributed by atoms with Crippen molar-refractivity contribution in [2.75, 3.05) is 27.4 Å². The van der Waals surface area contributed by atoms with Crippen molar-refractivity contribution < 1.29 is 29.0 Å². The van der Waals surface area contributed by atoms with Crippen molar-refractivity contribution in [3.8, 4) is 0 Å². The Morgan fingerprint density at radius 2 is 1.22 bits per heavy atom. The summed E-state index contributed by atoms with van der Waals surface area (Å²) in [7, 11) is 2.37. The Balaban J connectivity index is 2.25. The van der Waals surface area contributed by atoms with Gasteiger partial charge >= 0.3 is 11.9 Å². The maximum Gasteiger partial charge on any atom is 0.318 e. The molecule has 0 aliphatic carbocycles. The van der Waals surface area contributed by atoms with Gasteiger partial charge in [-0.2, -0.15) is 0 Å². The Morgan fingerprint density at radius 3 is 1.53 bits per heavy atom. The summed E-state index contributed by atoms with van der Waals surface area (Å²) < 4.78 is 9.87. The Kier molecular flexibility index (Phi) is 7.90. The maximum absolute atomic E-state index is 13.6. The molecular weight excluding hydrogens is 457 g/mol. The molecule has 4 unspecified atom stereocenters. The van der Waals surface area contributed by atoms with E-state index in [2.05, 4.69) is 0 Å². The topological polar surface area (TPSA) is 93.1 Å². The van der Waals surface area contributed by atoms with Crippen LogP contribution in [0, 0.1) is 11.8 Å². The van der Waals surface area contributed by atoms with Crippen LogP contribution >= 0.6 is 23.2 Å². The molecule has 0 bridgehead atoms. The second-order valence-electron chi connectivity index (χ2n) is 7.36. The molecule has 2 aromatic rings. The molecule has 0 saturated carbocycles. The summed E-state index contributed by atoms with van der Waals surface area (Å²) in [5, 5.41) is 10.8. The van der Waals surface area contributed by atoms with Gasteiger partial charge in [-0.05, 0) is 35.4 Å². The molecule has 1 N–H and O–H groups in total. The van der Waals surface area contributed by atoms with Crippen LogP contribution in [0.25, 0.3) is 0 Å². The number of β-amino-alcohol motifs (C(OH)–C–C–N with tert-alkyl or cyclic N) is 1. The highest BCUT2D eigenvalue weighted by atomic mass is 35.5. The first-order valence-corrected chi connectivity index (χ1v) is 10.7. The summed E-state index contributed by atoms with van der Waals surface area (Å²) in [5.74, 6) is -4.78. The van der Waals surface area contributed by atoms with Crippen molar-refractivity contribution in [1.29, 1.82) is 0 Å². The van der Waals surface area contributed by atoms with Crippen molar-refractivity contribution in [3.05, 3.63) is 69.7 Å². The molecule has 0 spiro atoms. The number of likely N-dealkylation sites (tertiary alicyclic amines) is 1. The van der Waals surface area contributed by atoms with E-state index in [-0.39, 0.29) is 13.2 Å². The average molecular weight is 480 g/mol. The third-order valence-corrected chi connectivity index (χ3v) is 6.15. The van der Waals surface area contributed by atoms with Crippen LogP contribution in [-0.4, -0.2) is 55.1 Å². The minimum atomic E-state index is -1.31. The van der Waals surface area contributed by atoms with E-state index in [1.807, 2.05) is 0 Å². The third kappa shape index (κ3) is 4.66. The minimum absolute atomic E-state index is 0.0782. The molecule has 0 amide bonds. The molecule has 7 nitrogen and oxygen atoms in total. The van der Waals surface area contributed by atoms with Crippen LogP contribution in [0.1, 0.15) is 23.2 Å². The summed E-state index contributed by atoms with van der Waals surface area (Å²) in [6.07, 6.45) is 0. The third-order valence-electron chi connectivity index (χ3n) is 5.65. The van der Waals surface area contributed by atoms with E-state index in [0.29, 0.717) is 21.2 Å². The number of aliphatic hydroxyl groups is 1. The van der Waals surface area contributed by atoms with E-state index in [4.69, 9.17) is 32.7 Å². The van der Waals surface area contributed by atoms with E-state index in [1.54, 1.807) is 53.4 Å². The summed E-state index contributed by atoms with van der Waals surface area (Å²) in [5.41, 5.74) is 1.24. The van der Waals surface area contributed by atoms with Gasteiger partial charge in [0, 0.05) is 16.6 Å².